The van der Waals surface area contributed by atoms with Crippen molar-refractivity contribution in [3.8, 4) is 0 Å². The molecule has 1 aromatic rings. The highest BCUT2D eigenvalue weighted by Gasteiger charge is 2.33. The number of rotatable bonds is 7. The third-order valence-electron chi connectivity index (χ3n) is 4.77. The van der Waals surface area contributed by atoms with Gasteiger partial charge in [0.1, 0.15) is 0 Å². The molecule has 1 aliphatic carbocycles. The second-order valence-electron chi connectivity index (χ2n) is 5.97. The second-order valence-corrected chi connectivity index (χ2v) is 5.97. The van der Waals surface area contributed by atoms with E-state index in [4.69, 9.17) is 5.73 Å². The van der Waals surface area contributed by atoms with E-state index in [-0.39, 0.29) is 13.2 Å². The van der Waals surface area contributed by atoms with Crippen LogP contribution in [0.2, 0.25) is 0 Å². The number of aliphatic hydroxyl groups excluding tert-OH is 2. The first kappa shape index (κ1) is 16.4. The van der Waals surface area contributed by atoms with E-state index in [1.165, 1.54) is 12.0 Å². The van der Waals surface area contributed by atoms with Crippen LogP contribution in [0.3, 0.4) is 0 Å². The Morgan fingerprint density at radius 2 is 1.71 bits per heavy atom. The SMILES string of the molecule is NCC1CCC(c2ccccc2)CC1N(CCO)CCO. The zero-order chi connectivity index (χ0) is 15.1. The van der Waals surface area contributed by atoms with Crippen molar-refractivity contribution in [1.82, 2.24) is 4.90 Å². The molecule has 1 saturated carbocycles. The molecule has 0 radical (unpaired) electrons. The molecule has 0 aromatic heterocycles. The topological polar surface area (TPSA) is 69.7 Å². The van der Waals surface area contributed by atoms with Gasteiger partial charge in [-0.3, -0.25) is 4.90 Å². The lowest BCUT2D eigenvalue weighted by Crippen LogP contribution is -2.48. The Balaban J connectivity index is 2.11. The van der Waals surface area contributed by atoms with E-state index in [2.05, 4.69) is 35.2 Å². The zero-order valence-electron chi connectivity index (χ0n) is 12.7. The Hall–Kier alpha value is -0.940. The molecule has 4 nitrogen and oxygen atoms in total. The van der Waals surface area contributed by atoms with Gasteiger partial charge in [-0.2, -0.15) is 0 Å². The van der Waals surface area contributed by atoms with Crippen LogP contribution in [0.25, 0.3) is 0 Å². The predicted molar refractivity (Wildman–Crippen MR) is 85.1 cm³/mol. The normalized spacial score (nSPS) is 26.2. The van der Waals surface area contributed by atoms with E-state index in [0.29, 0.717) is 37.5 Å². The van der Waals surface area contributed by atoms with Crippen molar-refractivity contribution >= 4 is 0 Å². The van der Waals surface area contributed by atoms with Crippen molar-refractivity contribution in [3.63, 3.8) is 0 Å². The maximum Gasteiger partial charge on any atom is 0.0558 e. The van der Waals surface area contributed by atoms with Crippen LogP contribution < -0.4 is 5.73 Å². The number of hydrogen-bond donors (Lipinski definition) is 3. The third-order valence-corrected chi connectivity index (χ3v) is 4.77. The number of aliphatic hydroxyl groups is 2. The van der Waals surface area contributed by atoms with Gasteiger partial charge in [-0.15, -0.1) is 0 Å². The molecule has 4 heteroatoms. The predicted octanol–water partition coefficient (Wildman–Crippen LogP) is 1.18. The van der Waals surface area contributed by atoms with Crippen LogP contribution in [-0.2, 0) is 0 Å². The Kier molecular flexibility index (Phi) is 6.64. The molecule has 21 heavy (non-hydrogen) atoms. The van der Waals surface area contributed by atoms with Gasteiger partial charge in [0.25, 0.3) is 0 Å². The summed E-state index contributed by atoms with van der Waals surface area (Å²) in [5.41, 5.74) is 7.35. The maximum absolute atomic E-state index is 9.28. The molecule has 0 saturated heterocycles. The van der Waals surface area contributed by atoms with Crippen LogP contribution in [0.1, 0.15) is 30.7 Å². The lowest BCUT2D eigenvalue weighted by Gasteiger charge is -2.42. The number of nitrogens with zero attached hydrogens (tertiary/aromatic N) is 1. The summed E-state index contributed by atoms with van der Waals surface area (Å²) in [5.74, 6) is 1.02. The molecule has 2 rings (SSSR count). The van der Waals surface area contributed by atoms with Crippen LogP contribution in [0.4, 0.5) is 0 Å². The van der Waals surface area contributed by atoms with E-state index in [0.717, 1.165) is 12.8 Å². The molecule has 1 aromatic carbocycles. The number of benzene rings is 1. The lowest BCUT2D eigenvalue weighted by molar-refractivity contribution is 0.0637. The minimum Gasteiger partial charge on any atom is -0.395 e. The van der Waals surface area contributed by atoms with Crippen molar-refractivity contribution < 1.29 is 10.2 Å². The first-order valence-electron chi connectivity index (χ1n) is 8.01. The van der Waals surface area contributed by atoms with Crippen LogP contribution in [0.15, 0.2) is 30.3 Å². The molecular weight excluding hydrogens is 264 g/mol. The summed E-state index contributed by atoms with van der Waals surface area (Å²) in [6, 6.07) is 11.0. The van der Waals surface area contributed by atoms with Crippen LogP contribution in [-0.4, -0.2) is 54.0 Å². The van der Waals surface area contributed by atoms with Crippen LogP contribution >= 0.6 is 0 Å². The Bertz CT molecular complexity index is 393. The summed E-state index contributed by atoms with van der Waals surface area (Å²) in [6.45, 7) is 2.17. The second kappa shape index (κ2) is 8.49. The molecule has 118 valence electrons. The van der Waals surface area contributed by atoms with E-state index in [1.807, 2.05) is 0 Å². The molecule has 0 aliphatic heterocycles. The summed E-state index contributed by atoms with van der Waals surface area (Å²) >= 11 is 0. The average Bonchev–Trinajstić information content (AvgIpc) is 2.55. The average molecular weight is 292 g/mol. The highest BCUT2D eigenvalue weighted by atomic mass is 16.3. The van der Waals surface area contributed by atoms with E-state index in [1.54, 1.807) is 0 Å². The summed E-state index contributed by atoms with van der Waals surface area (Å²) < 4.78 is 0. The van der Waals surface area contributed by atoms with Crippen molar-refractivity contribution in [2.75, 3.05) is 32.8 Å². The minimum absolute atomic E-state index is 0.129. The maximum atomic E-state index is 9.28. The van der Waals surface area contributed by atoms with Crippen LogP contribution in [0, 0.1) is 5.92 Å². The Morgan fingerprint density at radius 1 is 1.05 bits per heavy atom. The van der Waals surface area contributed by atoms with Gasteiger partial charge in [0.05, 0.1) is 13.2 Å². The van der Waals surface area contributed by atoms with Gasteiger partial charge in [-0.25, -0.2) is 0 Å². The first-order chi connectivity index (χ1) is 10.3. The summed E-state index contributed by atoms with van der Waals surface area (Å²) in [7, 11) is 0. The summed E-state index contributed by atoms with van der Waals surface area (Å²) in [6.07, 6.45) is 3.36. The van der Waals surface area contributed by atoms with Crippen LogP contribution in [0.5, 0.6) is 0 Å². The Morgan fingerprint density at radius 3 is 2.29 bits per heavy atom. The van der Waals surface area contributed by atoms with E-state index in [9.17, 15) is 10.2 Å². The standard InChI is InChI=1S/C17H28N2O2/c18-13-16-7-6-15(14-4-2-1-3-5-14)12-17(16)19(8-10-20)9-11-21/h1-5,15-17,20-21H,6-13,18H2. The van der Waals surface area contributed by atoms with Gasteiger partial charge < -0.3 is 15.9 Å². The fourth-order valence-corrected chi connectivity index (χ4v) is 3.66. The highest BCUT2D eigenvalue weighted by Crippen LogP contribution is 2.37. The molecule has 4 N–H and O–H groups in total. The van der Waals surface area contributed by atoms with Gasteiger partial charge >= 0.3 is 0 Å². The summed E-state index contributed by atoms with van der Waals surface area (Å²) in [4.78, 5) is 2.21. The van der Waals surface area contributed by atoms with Crippen molar-refractivity contribution in [1.29, 1.82) is 0 Å². The van der Waals surface area contributed by atoms with Gasteiger partial charge in [0, 0.05) is 19.1 Å². The molecule has 3 unspecified atom stereocenters. The molecule has 1 aliphatic rings. The Labute approximate surface area is 127 Å². The number of hydrogen-bond acceptors (Lipinski definition) is 4. The quantitative estimate of drug-likeness (QED) is 0.706. The van der Waals surface area contributed by atoms with Gasteiger partial charge in [-0.05, 0) is 43.2 Å². The summed E-state index contributed by atoms with van der Waals surface area (Å²) in [5, 5.41) is 18.6. The monoisotopic (exact) mass is 292 g/mol. The van der Waals surface area contributed by atoms with Crippen molar-refractivity contribution in [2.24, 2.45) is 11.7 Å². The number of nitrogens with two attached hydrogens (primary N) is 1. The smallest absolute Gasteiger partial charge is 0.0558 e. The third kappa shape index (κ3) is 4.27. The molecule has 3 atom stereocenters. The molecule has 0 heterocycles. The minimum atomic E-state index is 0.129. The lowest BCUT2D eigenvalue weighted by atomic mass is 9.75. The first-order valence-corrected chi connectivity index (χ1v) is 8.01. The molecule has 0 bridgehead atoms. The van der Waals surface area contributed by atoms with E-state index >= 15 is 0 Å². The fourth-order valence-electron chi connectivity index (χ4n) is 3.66. The van der Waals surface area contributed by atoms with Gasteiger partial charge in [0.15, 0.2) is 0 Å². The molecular formula is C17H28N2O2. The molecule has 0 amide bonds. The van der Waals surface area contributed by atoms with Gasteiger partial charge in [0.2, 0.25) is 0 Å². The molecule has 1 fully saturated rings. The van der Waals surface area contributed by atoms with Crippen molar-refractivity contribution in [2.45, 2.75) is 31.2 Å². The molecule has 0 spiro atoms. The highest BCUT2D eigenvalue weighted by molar-refractivity contribution is 5.20. The zero-order valence-corrected chi connectivity index (χ0v) is 12.7. The fraction of sp³-hybridized carbons (Fsp3) is 0.647. The van der Waals surface area contributed by atoms with Gasteiger partial charge in [-0.1, -0.05) is 30.3 Å². The van der Waals surface area contributed by atoms with E-state index < -0.39 is 0 Å². The largest absolute Gasteiger partial charge is 0.395 e. The van der Waals surface area contributed by atoms with Crippen molar-refractivity contribution in [3.05, 3.63) is 35.9 Å².